The van der Waals surface area contributed by atoms with Gasteiger partial charge in [0.15, 0.2) is 0 Å². The number of carbonyl (C=O) groups is 2. The van der Waals surface area contributed by atoms with Crippen molar-refractivity contribution >= 4 is 11.9 Å². The zero-order chi connectivity index (χ0) is 18.9. The minimum absolute atomic E-state index is 0.00475. The number of benzene rings is 1. The molecule has 1 saturated carbocycles. The van der Waals surface area contributed by atoms with Crippen LogP contribution in [0, 0.1) is 24.1 Å². The fourth-order valence-electron chi connectivity index (χ4n) is 3.25. The normalized spacial score (nSPS) is 19.6. The first-order valence-corrected chi connectivity index (χ1v) is 8.98. The van der Waals surface area contributed by atoms with Gasteiger partial charge in [-0.15, -0.1) is 6.42 Å². The SMILES string of the molecule is C#CCN(CC(=O)NC(=O)NC1CCCCC1C)Cc1ccc(F)cc1. The quantitative estimate of drug-likeness (QED) is 0.768. The maximum absolute atomic E-state index is 13.0. The van der Waals surface area contributed by atoms with E-state index in [1.807, 2.05) is 0 Å². The van der Waals surface area contributed by atoms with E-state index in [0.717, 1.165) is 24.8 Å². The lowest BCUT2D eigenvalue weighted by atomic mass is 9.86. The summed E-state index contributed by atoms with van der Waals surface area (Å²) in [4.78, 5) is 25.9. The largest absolute Gasteiger partial charge is 0.335 e. The lowest BCUT2D eigenvalue weighted by Crippen LogP contribution is -2.49. The Morgan fingerprint density at radius 2 is 1.96 bits per heavy atom. The van der Waals surface area contributed by atoms with Gasteiger partial charge in [-0.3, -0.25) is 15.0 Å². The summed E-state index contributed by atoms with van der Waals surface area (Å²) in [7, 11) is 0. The predicted octanol–water partition coefficient (Wildman–Crippen LogP) is 2.67. The van der Waals surface area contributed by atoms with Crippen LogP contribution in [0.3, 0.4) is 0 Å². The van der Waals surface area contributed by atoms with Crippen LogP contribution < -0.4 is 10.6 Å². The smallest absolute Gasteiger partial charge is 0.321 e. The summed E-state index contributed by atoms with van der Waals surface area (Å²) in [5, 5.41) is 5.26. The van der Waals surface area contributed by atoms with Gasteiger partial charge in [0.1, 0.15) is 5.82 Å². The van der Waals surface area contributed by atoms with Crippen molar-refractivity contribution in [3.8, 4) is 12.3 Å². The Balaban J connectivity index is 1.83. The molecule has 0 aliphatic heterocycles. The van der Waals surface area contributed by atoms with Crippen LogP contribution in [-0.4, -0.2) is 36.0 Å². The molecule has 0 spiro atoms. The third kappa shape index (κ3) is 6.49. The molecule has 0 bridgehead atoms. The average Bonchev–Trinajstić information content (AvgIpc) is 2.59. The second kappa shape index (κ2) is 9.93. The fraction of sp³-hybridized carbons (Fsp3) is 0.500. The number of hydrogen-bond acceptors (Lipinski definition) is 3. The molecule has 3 amide bonds. The fourth-order valence-corrected chi connectivity index (χ4v) is 3.25. The molecule has 140 valence electrons. The van der Waals surface area contributed by atoms with Crippen LogP contribution in [-0.2, 0) is 11.3 Å². The topological polar surface area (TPSA) is 61.4 Å². The van der Waals surface area contributed by atoms with Crippen molar-refractivity contribution in [1.82, 2.24) is 15.5 Å². The van der Waals surface area contributed by atoms with E-state index in [1.165, 1.54) is 18.6 Å². The zero-order valence-corrected chi connectivity index (χ0v) is 15.1. The van der Waals surface area contributed by atoms with Gasteiger partial charge < -0.3 is 5.32 Å². The molecule has 6 heteroatoms. The summed E-state index contributed by atoms with van der Waals surface area (Å²) in [5.74, 6) is 2.19. The lowest BCUT2D eigenvalue weighted by Gasteiger charge is -2.29. The van der Waals surface area contributed by atoms with Gasteiger partial charge >= 0.3 is 6.03 Å². The first kappa shape index (κ1) is 19.9. The number of imide groups is 1. The molecule has 1 aliphatic rings. The molecular weight excluding hydrogens is 333 g/mol. The number of hydrogen-bond donors (Lipinski definition) is 2. The van der Waals surface area contributed by atoms with Crippen molar-refractivity contribution in [2.24, 2.45) is 5.92 Å². The van der Waals surface area contributed by atoms with Gasteiger partial charge in [0.25, 0.3) is 0 Å². The minimum atomic E-state index is -0.462. The molecule has 1 aromatic rings. The van der Waals surface area contributed by atoms with Gasteiger partial charge in [-0.1, -0.05) is 37.8 Å². The minimum Gasteiger partial charge on any atom is -0.335 e. The molecule has 2 N–H and O–H groups in total. The van der Waals surface area contributed by atoms with Crippen molar-refractivity contribution < 1.29 is 14.0 Å². The van der Waals surface area contributed by atoms with Crippen LogP contribution >= 0.6 is 0 Å². The van der Waals surface area contributed by atoms with Crippen molar-refractivity contribution in [2.45, 2.75) is 45.2 Å². The highest BCUT2D eigenvalue weighted by atomic mass is 19.1. The van der Waals surface area contributed by atoms with E-state index in [4.69, 9.17) is 6.42 Å². The van der Waals surface area contributed by atoms with Gasteiger partial charge in [-0.25, -0.2) is 9.18 Å². The maximum atomic E-state index is 13.0. The molecule has 5 nitrogen and oxygen atoms in total. The van der Waals surface area contributed by atoms with Crippen molar-refractivity contribution in [3.63, 3.8) is 0 Å². The molecule has 1 aliphatic carbocycles. The molecule has 1 aromatic carbocycles. The third-order valence-electron chi connectivity index (χ3n) is 4.68. The number of nitrogens with zero attached hydrogens (tertiary/aromatic N) is 1. The molecule has 2 rings (SSSR count). The summed E-state index contributed by atoms with van der Waals surface area (Å²) in [6, 6.07) is 5.67. The molecule has 0 saturated heterocycles. The van der Waals surface area contributed by atoms with Crippen LogP contribution in [0.2, 0.25) is 0 Å². The molecule has 2 atom stereocenters. The molecule has 0 heterocycles. The Morgan fingerprint density at radius 1 is 1.27 bits per heavy atom. The van der Waals surface area contributed by atoms with Crippen molar-refractivity contribution in [2.75, 3.05) is 13.1 Å². The van der Waals surface area contributed by atoms with E-state index in [9.17, 15) is 14.0 Å². The highest BCUT2D eigenvalue weighted by Crippen LogP contribution is 2.23. The Bertz CT molecular complexity index is 654. The van der Waals surface area contributed by atoms with E-state index < -0.39 is 11.9 Å². The van der Waals surface area contributed by atoms with Crippen molar-refractivity contribution in [1.29, 1.82) is 0 Å². The number of halogens is 1. The van der Waals surface area contributed by atoms with Crippen LogP contribution in [0.5, 0.6) is 0 Å². The Morgan fingerprint density at radius 3 is 2.62 bits per heavy atom. The summed E-state index contributed by atoms with van der Waals surface area (Å²) in [6.07, 6.45) is 9.67. The number of nitrogens with one attached hydrogen (secondary N) is 2. The molecule has 1 fully saturated rings. The van der Waals surface area contributed by atoms with Gasteiger partial charge in [0.2, 0.25) is 5.91 Å². The molecule has 26 heavy (non-hydrogen) atoms. The maximum Gasteiger partial charge on any atom is 0.321 e. The number of rotatable bonds is 6. The number of terminal acetylenes is 1. The van der Waals surface area contributed by atoms with Crippen LogP contribution in [0.1, 0.15) is 38.2 Å². The van der Waals surface area contributed by atoms with Crippen LogP contribution in [0.4, 0.5) is 9.18 Å². The van der Waals surface area contributed by atoms with Gasteiger partial charge in [0.05, 0.1) is 13.1 Å². The Kier molecular flexibility index (Phi) is 7.61. The van der Waals surface area contributed by atoms with Gasteiger partial charge in [0, 0.05) is 12.6 Å². The monoisotopic (exact) mass is 359 g/mol. The van der Waals surface area contributed by atoms with Gasteiger partial charge in [-0.2, -0.15) is 0 Å². The van der Waals surface area contributed by atoms with Crippen LogP contribution in [0.25, 0.3) is 0 Å². The van der Waals surface area contributed by atoms with E-state index in [-0.39, 0.29) is 24.9 Å². The standard InChI is InChI=1S/C20H26FN3O2/c1-3-12-24(13-16-8-10-17(21)11-9-16)14-19(25)23-20(26)22-18-7-5-4-6-15(18)2/h1,8-11,15,18H,4-7,12-14H2,2H3,(H2,22,23,25,26). The lowest BCUT2D eigenvalue weighted by molar-refractivity contribution is -0.121. The summed E-state index contributed by atoms with van der Waals surface area (Å²) >= 11 is 0. The summed E-state index contributed by atoms with van der Waals surface area (Å²) in [5.41, 5.74) is 0.843. The molecule has 0 radical (unpaired) electrons. The van der Waals surface area contributed by atoms with Crippen LogP contribution in [0.15, 0.2) is 24.3 Å². The van der Waals surface area contributed by atoms with E-state index >= 15 is 0 Å². The number of urea groups is 1. The summed E-state index contributed by atoms with van der Waals surface area (Å²) in [6.45, 7) is 2.77. The molecule has 0 aromatic heterocycles. The van der Waals surface area contributed by atoms with E-state index in [0.29, 0.717) is 12.5 Å². The highest BCUT2D eigenvalue weighted by molar-refractivity contribution is 5.95. The van der Waals surface area contributed by atoms with Crippen molar-refractivity contribution in [3.05, 3.63) is 35.6 Å². The zero-order valence-electron chi connectivity index (χ0n) is 15.1. The number of amides is 3. The summed E-state index contributed by atoms with van der Waals surface area (Å²) < 4.78 is 13.0. The predicted molar refractivity (Wildman–Crippen MR) is 98.6 cm³/mol. The Hall–Kier alpha value is -2.39. The first-order chi connectivity index (χ1) is 12.5. The molecule has 2 unspecified atom stereocenters. The third-order valence-corrected chi connectivity index (χ3v) is 4.68. The average molecular weight is 359 g/mol. The second-order valence-corrected chi connectivity index (χ2v) is 6.87. The first-order valence-electron chi connectivity index (χ1n) is 8.98. The molecular formula is C20H26FN3O2. The number of carbonyl (C=O) groups excluding carboxylic acids is 2. The Labute approximate surface area is 154 Å². The van der Waals surface area contributed by atoms with E-state index in [1.54, 1.807) is 17.0 Å². The second-order valence-electron chi connectivity index (χ2n) is 6.87. The highest BCUT2D eigenvalue weighted by Gasteiger charge is 2.23. The van der Waals surface area contributed by atoms with Gasteiger partial charge in [-0.05, 0) is 36.5 Å². The van der Waals surface area contributed by atoms with E-state index in [2.05, 4.69) is 23.5 Å².